The number of anilines is 1. The molecular weight excluding hydrogens is 224 g/mol. The van der Waals surface area contributed by atoms with Crippen molar-refractivity contribution in [2.24, 2.45) is 5.92 Å². The van der Waals surface area contributed by atoms with Gasteiger partial charge >= 0.3 is 0 Å². The van der Waals surface area contributed by atoms with Crippen molar-refractivity contribution in [3.63, 3.8) is 0 Å². The first-order valence-electron chi connectivity index (χ1n) is 5.29. The summed E-state index contributed by atoms with van der Waals surface area (Å²) in [6, 6.07) is 7.32. The van der Waals surface area contributed by atoms with Gasteiger partial charge in [0.2, 0.25) is 10.0 Å². The van der Waals surface area contributed by atoms with E-state index in [0.29, 0.717) is 18.8 Å². The molecule has 4 nitrogen and oxygen atoms in total. The van der Waals surface area contributed by atoms with Crippen LogP contribution in [-0.4, -0.2) is 25.0 Å². The van der Waals surface area contributed by atoms with Gasteiger partial charge in [-0.3, -0.25) is 0 Å². The molecular formula is C11H16N2O2S. The topological polar surface area (TPSA) is 63.4 Å². The van der Waals surface area contributed by atoms with Crippen molar-refractivity contribution in [1.82, 2.24) is 4.31 Å². The first-order valence-corrected chi connectivity index (χ1v) is 6.90. The molecule has 0 spiro atoms. The molecule has 1 fully saturated rings. The Morgan fingerprint density at radius 1 is 1.38 bits per heavy atom. The third-order valence-corrected chi connectivity index (χ3v) is 4.80. The lowest BCUT2D eigenvalue weighted by Gasteiger charge is -2.14. The summed E-state index contributed by atoms with van der Waals surface area (Å²) in [5.41, 5.74) is 7.25. The van der Waals surface area contributed by atoms with Gasteiger partial charge in [0.1, 0.15) is 0 Å². The van der Waals surface area contributed by atoms with E-state index >= 15 is 0 Å². The number of hydrogen-bond donors (Lipinski definition) is 1. The lowest BCUT2D eigenvalue weighted by molar-refractivity contribution is 0.409. The molecule has 0 saturated carbocycles. The smallest absolute Gasteiger partial charge is 0.214 e. The third-order valence-electron chi connectivity index (χ3n) is 2.74. The molecule has 1 aromatic rings. The molecule has 1 heterocycles. The summed E-state index contributed by atoms with van der Waals surface area (Å²) in [4.78, 5) is 0. The lowest BCUT2D eigenvalue weighted by Crippen LogP contribution is -2.25. The van der Waals surface area contributed by atoms with Crippen LogP contribution in [0.5, 0.6) is 0 Å². The fourth-order valence-corrected chi connectivity index (χ4v) is 3.83. The van der Waals surface area contributed by atoms with E-state index in [-0.39, 0.29) is 11.7 Å². The summed E-state index contributed by atoms with van der Waals surface area (Å²) < 4.78 is 25.0. The van der Waals surface area contributed by atoms with E-state index in [4.69, 9.17) is 5.73 Å². The van der Waals surface area contributed by atoms with E-state index in [1.165, 1.54) is 0 Å². The average Bonchev–Trinajstić information content (AvgIpc) is 2.43. The lowest BCUT2D eigenvalue weighted by atomic mass is 10.2. The van der Waals surface area contributed by atoms with E-state index < -0.39 is 10.0 Å². The Morgan fingerprint density at radius 2 is 2.00 bits per heavy atom. The molecule has 16 heavy (non-hydrogen) atoms. The highest BCUT2D eigenvalue weighted by atomic mass is 32.2. The minimum Gasteiger partial charge on any atom is -0.399 e. The number of nitrogen functional groups attached to an aromatic ring is 1. The molecule has 0 aliphatic carbocycles. The van der Waals surface area contributed by atoms with Crippen molar-refractivity contribution >= 4 is 15.7 Å². The van der Waals surface area contributed by atoms with Crippen molar-refractivity contribution in [2.75, 3.05) is 18.0 Å². The molecule has 88 valence electrons. The standard InChI is InChI=1S/C11H16N2O2S/c1-9-6-13(16(14,15)8-9)7-10-2-4-11(12)5-3-10/h2-5,9H,6-8,12H2,1H3. The highest BCUT2D eigenvalue weighted by Crippen LogP contribution is 2.21. The van der Waals surface area contributed by atoms with Crippen LogP contribution in [0.25, 0.3) is 0 Å². The maximum absolute atomic E-state index is 11.7. The van der Waals surface area contributed by atoms with Gasteiger partial charge < -0.3 is 5.73 Å². The number of sulfonamides is 1. The van der Waals surface area contributed by atoms with Crippen molar-refractivity contribution in [3.05, 3.63) is 29.8 Å². The molecule has 0 amide bonds. The Kier molecular flexibility index (Phi) is 2.90. The molecule has 1 unspecified atom stereocenters. The first-order chi connectivity index (χ1) is 7.47. The van der Waals surface area contributed by atoms with Gasteiger partial charge in [0.05, 0.1) is 5.75 Å². The van der Waals surface area contributed by atoms with Gasteiger partial charge in [-0.15, -0.1) is 0 Å². The summed E-state index contributed by atoms with van der Waals surface area (Å²) >= 11 is 0. The monoisotopic (exact) mass is 240 g/mol. The summed E-state index contributed by atoms with van der Waals surface area (Å²) in [6.45, 7) is 3.03. The third kappa shape index (κ3) is 2.36. The first kappa shape index (κ1) is 11.4. The molecule has 0 bridgehead atoms. The fourth-order valence-electron chi connectivity index (χ4n) is 1.97. The highest BCUT2D eigenvalue weighted by Gasteiger charge is 2.33. The summed E-state index contributed by atoms with van der Waals surface area (Å²) in [5, 5.41) is 0. The van der Waals surface area contributed by atoms with E-state index in [1.54, 1.807) is 16.4 Å². The highest BCUT2D eigenvalue weighted by molar-refractivity contribution is 7.89. The molecule has 0 radical (unpaired) electrons. The van der Waals surface area contributed by atoms with Crippen molar-refractivity contribution in [1.29, 1.82) is 0 Å². The zero-order valence-electron chi connectivity index (χ0n) is 9.26. The maximum Gasteiger partial charge on any atom is 0.214 e. The SMILES string of the molecule is CC1CN(Cc2ccc(N)cc2)S(=O)(=O)C1. The number of rotatable bonds is 2. The maximum atomic E-state index is 11.7. The number of nitrogens with two attached hydrogens (primary N) is 1. The van der Waals surface area contributed by atoms with Crippen LogP contribution >= 0.6 is 0 Å². The molecule has 1 aliphatic rings. The second-order valence-corrected chi connectivity index (χ2v) is 6.43. The molecule has 1 aliphatic heterocycles. The van der Waals surface area contributed by atoms with Crippen LogP contribution in [-0.2, 0) is 16.6 Å². The summed E-state index contributed by atoms with van der Waals surface area (Å²) in [5.74, 6) is 0.487. The van der Waals surface area contributed by atoms with E-state index in [2.05, 4.69) is 0 Å². The normalized spacial score (nSPS) is 24.7. The van der Waals surface area contributed by atoms with Gasteiger partial charge in [0.15, 0.2) is 0 Å². The molecule has 1 aromatic carbocycles. The van der Waals surface area contributed by atoms with Crippen LogP contribution in [0.15, 0.2) is 24.3 Å². The van der Waals surface area contributed by atoms with E-state index in [9.17, 15) is 8.42 Å². The number of hydrogen-bond acceptors (Lipinski definition) is 3. The molecule has 0 aromatic heterocycles. The Bertz CT molecular complexity index is 467. The average molecular weight is 240 g/mol. The van der Waals surface area contributed by atoms with Gasteiger partial charge in [-0.2, -0.15) is 4.31 Å². The van der Waals surface area contributed by atoms with Gasteiger partial charge in [-0.1, -0.05) is 19.1 Å². The van der Waals surface area contributed by atoms with Gasteiger partial charge in [0, 0.05) is 18.8 Å². The Hall–Kier alpha value is -1.07. The molecule has 1 atom stereocenters. The van der Waals surface area contributed by atoms with Crippen LogP contribution in [0.3, 0.4) is 0 Å². The second-order valence-electron chi connectivity index (χ2n) is 4.42. The van der Waals surface area contributed by atoms with E-state index in [0.717, 1.165) is 5.56 Å². The van der Waals surface area contributed by atoms with Crippen LogP contribution in [0.1, 0.15) is 12.5 Å². The van der Waals surface area contributed by atoms with Crippen molar-refractivity contribution in [3.8, 4) is 0 Å². The predicted molar refractivity (Wildman–Crippen MR) is 64.2 cm³/mol. The zero-order valence-corrected chi connectivity index (χ0v) is 10.1. The van der Waals surface area contributed by atoms with Crippen LogP contribution in [0.2, 0.25) is 0 Å². The minimum absolute atomic E-state index is 0.221. The fraction of sp³-hybridized carbons (Fsp3) is 0.455. The van der Waals surface area contributed by atoms with Crippen molar-refractivity contribution in [2.45, 2.75) is 13.5 Å². The molecule has 2 rings (SSSR count). The molecule has 2 N–H and O–H groups in total. The van der Waals surface area contributed by atoms with Gasteiger partial charge in [-0.25, -0.2) is 8.42 Å². The van der Waals surface area contributed by atoms with Crippen LogP contribution in [0, 0.1) is 5.92 Å². The van der Waals surface area contributed by atoms with Gasteiger partial charge in [0.25, 0.3) is 0 Å². The predicted octanol–water partition coefficient (Wildman–Crippen LogP) is 1.05. The Labute approximate surface area is 96.1 Å². The second kappa shape index (κ2) is 4.07. The molecule has 5 heteroatoms. The Morgan fingerprint density at radius 3 is 2.50 bits per heavy atom. The zero-order chi connectivity index (χ0) is 11.8. The summed E-state index contributed by atoms with van der Waals surface area (Å²) in [7, 11) is -3.04. The minimum atomic E-state index is -3.04. The molecule has 1 saturated heterocycles. The quantitative estimate of drug-likeness (QED) is 0.786. The van der Waals surface area contributed by atoms with Crippen LogP contribution in [0.4, 0.5) is 5.69 Å². The largest absolute Gasteiger partial charge is 0.399 e. The summed E-state index contributed by atoms with van der Waals surface area (Å²) in [6.07, 6.45) is 0. The number of benzene rings is 1. The van der Waals surface area contributed by atoms with Crippen LogP contribution < -0.4 is 5.73 Å². The number of nitrogens with zero attached hydrogens (tertiary/aromatic N) is 1. The van der Waals surface area contributed by atoms with E-state index in [1.807, 2.05) is 19.1 Å². The van der Waals surface area contributed by atoms with Crippen molar-refractivity contribution < 1.29 is 8.42 Å². The van der Waals surface area contributed by atoms with Gasteiger partial charge in [-0.05, 0) is 23.6 Å². The Balaban J connectivity index is 2.13.